The van der Waals surface area contributed by atoms with Gasteiger partial charge < -0.3 is 16.0 Å². The molecule has 1 aliphatic heterocycles. The highest BCUT2D eigenvalue weighted by Gasteiger charge is 2.33. The molecule has 17 heavy (non-hydrogen) atoms. The van der Waals surface area contributed by atoms with E-state index >= 15 is 0 Å². The first-order valence-corrected chi connectivity index (χ1v) is 6.48. The largest absolute Gasteiger partial charge is 0.368 e. The third kappa shape index (κ3) is 2.97. The summed E-state index contributed by atoms with van der Waals surface area (Å²) in [5, 5.41) is 3.23. The number of nitrogens with zero attached hydrogens (tertiary/aromatic N) is 1. The smallest absolute Gasteiger partial charge is 0.237 e. The molecule has 5 nitrogen and oxygen atoms in total. The van der Waals surface area contributed by atoms with Crippen molar-refractivity contribution in [2.45, 2.75) is 38.1 Å². The molecule has 1 aliphatic carbocycles. The zero-order valence-corrected chi connectivity index (χ0v) is 10.2. The summed E-state index contributed by atoms with van der Waals surface area (Å²) in [7, 11) is 0. The lowest BCUT2D eigenvalue weighted by molar-refractivity contribution is -0.140. The van der Waals surface area contributed by atoms with E-state index in [1.54, 1.807) is 4.90 Å². The molecule has 96 valence electrons. The van der Waals surface area contributed by atoms with Crippen LogP contribution in [0, 0.1) is 5.92 Å². The number of hydrogen-bond acceptors (Lipinski definition) is 3. The van der Waals surface area contributed by atoms with Crippen molar-refractivity contribution in [3.05, 3.63) is 0 Å². The summed E-state index contributed by atoms with van der Waals surface area (Å²) in [6.07, 6.45) is 5.11. The number of carbonyl (C=O) groups is 2. The van der Waals surface area contributed by atoms with Crippen molar-refractivity contribution < 1.29 is 9.59 Å². The maximum Gasteiger partial charge on any atom is 0.237 e. The molecule has 1 heterocycles. The Kier molecular flexibility index (Phi) is 3.99. The molecule has 2 amide bonds. The van der Waals surface area contributed by atoms with Crippen LogP contribution in [0.25, 0.3) is 0 Å². The number of primary amides is 1. The van der Waals surface area contributed by atoms with Crippen LogP contribution in [0.3, 0.4) is 0 Å². The Labute approximate surface area is 102 Å². The molecule has 1 atom stereocenters. The van der Waals surface area contributed by atoms with Gasteiger partial charge in [-0.1, -0.05) is 12.8 Å². The van der Waals surface area contributed by atoms with E-state index in [1.165, 1.54) is 0 Å². The van der Waals surface area contributed by atoms with Gasteiger partial charge in [0.15, 0.2) is 0 Å². The van der Waals surface area contributed by atoms with Gasteiger partial charge in [0.05, 0.1) is 6.54 Å². The predicted molar refractivity (Wildman–Crippen MR) is 64.1 cm³/mol. The summed E-state index contributed by atoms with van der Waals surface area (Å²) in [6.45, 7) is 1.77. The van der Waals surface area contributed by atoms with Gasteiger partial charge in [-0.3, -0.25) is 9.59 Å². The number of hydrogen-bond donors (Lipinski definition) is 2. The van der Waals surface area contributed by atoms with Crippen molar-refractivity contribution in [2.75, 3.05) is 19.6 Å². The Hall–Kier alpha value is -1.10. The number of nitrogens with two attached hydrogens (primary N) is 1. The number of rotatable bonds is 4. The van der Waals surface area contributed by atoms with Gasteiger partial charge >= 0.3 is 0 Å². The molecule has 0 bridgehead atoms. The van der Waals surface area contributed by atoms with Crippen LogP contribution in [0.4, 0.5) is 0 Å². The second kappa shape index (κ2) is 5.49. The number of amides is 2. The summed E-state index contributed by atoms with van der Waals surface area (Å²) < 4.78 is 0. The maximum atomic E-state index is 12.4. The molecule has 0 radical (unpaired) electrons. The van der Waals surface area contributed by atoms with Gasteiger partial charge in [0.2, 0.25) is 11.8 Å². The van der Waals surface area contributed by atoms with Crippen LogP contribution < -0.4 is 11.1 Å². The minimum atomic E-state index is -0.414. The molecule has 0 aromatic heterocycles. The molecular formula is C12H21N3O2. The fourth-order valence-electron chi connectivity index (χ4n) is 2.87. The minimum Gasteiger partial charge on any atom is -0.368 e. The van der Waals surface area contributed by atoms with Crippen LogP contribution in [0.1, 0.15) is 32.1 Å². The third-order valence-electron chi connectivity index (χ3n) is 3.79. The van der Waals surface area contributed by atoms with Crippen molar-refractivity contribution in [2.24, 2.45) is 11.7 Å². The molecule has 5 heteroatoms. The minimum absolute atomic E-state index is 0.0711. The fourth-order valence-corrected chi connectivity index (χ4v) is 2.87. The lowest BCUT2D eigenvalue weighted by atomic mass is 10.0. The van der Waals surface area contributed by atoms with Crippen molar-refractivity contribution >= 4 is 11.8 Å². The van der Waals surface area contributed by atoms with E-state index in [-0.39, 0.29) is 24.4 Å². The van der Waals surface area contributed by atoms with E-state index < -0.39 is 5.91 Å². The van der Waals surface area contributed by atoms with Gasteiger partial charge in [0, 0.05) is 18.5 Å². The summed E-state index contributed by atoms with van der Waals surface area (Å²) in [6, 6.07) is 0.149. The van der Waals surface area contributed by atoms with Crippen LogP contribution in [0.15, 0.2) is 0 Å². The summed E-state index contributed by atoms with van der Waals surface area (Å²) in [4.78, 5) is 25.2. The highest BCUT2D eigenvalue weighted by Crippen LogP contribution is 2.27. The second-order valence-electron chi connectivity index (χ2n) is 5.06. The van der Waals surface area contributed by atoms with Gasteiger partial charge in [-0.05, 0) is 25.8 Å². The van der Waals surface area contributed by atoms with Crippen molar-refractivity contribution in [1.29, 1.82) is 0 Å². The van der Waals surface area contributed by atoms with E-state index in [2.05, 4.69) is 5.32 Å². The Balaban J connectivity index is 2.02. The van der Waals surface area contributed by atoms with Crippen LogP contribution in [-0.2, 0) is 9.59 Å². The summed E-state index contributed by atoms with van der Waals surface area (Å²) in [5.74, 6) is -0.159. The van der Waals surface area contributed by atoms with Gasteiger partial charge in [0.1, 0.15) is 0 Å². The second-order valence-corrected chi connectivity index (χ2v) is 5.06. The average Bonchev–Trinajstić information content (AvgIpc) is 2.96. The van der Waals surface area contributed by atoms with Gasteiger partial charge in [-0.2, -0.15) is 0 Å². The molecule has 2 rings (SSSR count). The van der Waals surface area contributed by atoms with Crippen molar-refractivity contribution in [3.63, 3.8) is 0 Å². The zero-order chi connectivity index (χ0) is 12.3. The SMILES string of the molecule is NC(=O)CN(C(=O)C1CCCC1)C1CCNC1. The van der Waals surface area contributed by atoms with Crippen LogP contribution in [0.2, 0.25) is 0 Å². The van der Waals surface area contributed by atoms with Crippen LogP contribution in [0.5, 0.6) is 0 Å². The molecule has 0 aromatic rings. The van der Waals surface area contributed by atoms with Crippen molar-refractivity contribution in [1.82, 2.24) is 10.2 Å². The first kappa shape index (κ1) is 12.4. The molecule has 0 spiro atoms. The molecule has 2 fully saturated rings. The molecule has 2 aliphatic rings. The monoisotopic (exact) mass is 239 g/mol. The van der Waals surface area contributed by atoms with E-state index in [9.17, 15) is 9.59 Å². The third-order valence-corrected chi connectivity index (χ3v) is 3.79. The Morgan fingerprint density at radius 2 is 1.94 bits per heavy atom. The molecule has 3 N–H and O–H groups in total. The average molecular weight is 239 g/mol. The zero-order valence-electron chi connectivity index (χ0n) is 10.2. The standard InChI is InChI=1S/C12H21N3O2/c13-11(16)8-15(10-5-6-14-7-10)12(17)9-3-1-2-4-9/h9-10,14H,1-8H2,(H2,13,16). The summed E-state index contributed by atoms with van der Waals surface area (Å²) >= 11 is 0. The molecule has 0 aromatic carbocycles. The molecule has 1 saturated heterocycles. The molecule has 1 unspecified atom stereocenters. The van der Waals surface area contributed by atoms with Gasteiger partial charge in [0.25, 0.3) is 0 Å². The topological polar surface area (TPSA) is 75.4 Å². The molecular weight excluding hydrogens is 218 g/mol. The van der Waals surface area contributed by atoms with E-state index in [1.807, 2.05) is 0 Å². The lowest BCUT2D eigenvalue weighted by Gasteiger charge is -2.29. The van der Waals surface area contributed by atoms with Crippen molar-refractivity contribution in [3.8, 4) is 0 Å². The quantitative estimate of drug-likeness (QED) is 0.716. The van der Waals surface area contributed by atoms with E-state index in [0.717, 1.165) is 45.2 Å². The predicted octanol–water partition coefficient (Wildman–Crippen LogP) is -0.148. The fraction of sp³-hybridized carbons (Fsp3) is 0.833. The number of nitrogens with one attached hydrogen (secondary N) is 1. The Morgan fingerprint density at radius 3 is 2.47 bits per heavy atom. The van der Waals surface area contributed by atoms with E-state index in [0.29, 0.717) is 0 Å². The summed E-state index contributed by atoms with van der Waals surface area (Å²) in [5.41, 5.74) is 5.24. The van der Waals surface area contributed by atoms with Crippen LogP contribution >= 0.6 is 0 Å². The normalized spacial score (nSPS) is 25.1. The van der Waals surface area contributed by atoms with Crippen LogP contribution in [-0.4, -0.2) is 42.4 Å². The maximum absolute atomic E-state index is 12.4. The van der Waals surface area contributed by atoms with E-state index in [4.69, 9.17) is 5.73 Å². The first-order chi connectivity index (χ1) is 8.18. The Bertz CT molecular complexity index is 294. The number of carbonyl (C=O) groups excluding carboxylic acids is 2. The van der Waals surface area contributed by atoms with Gasteiger partial charge in [-0.25, -0.2) is 0 Å². The Morgan fingerprint density at radius 1 is 1.24 bits per heavy atom. The first-order valence-electron chi connectivity index (χ1n) is 6.48. The molecule has 1 saturated carbocycles. The lowest BCUT2D eigenvalue weighted by Crippen LogP contribution is -2.48. The van der Waals surface area contributed by atoms with Gasteiger partial charge in [-0.15, -0.1) is 0 Å². The highest BCUT2D eigenvalue weighted by molar-refractivity contribution is 5.85. The highest BCUT2D eigenvalue weighted by atomic mass is 16.2.